The maximum atomic E-state index is 12.1. The molecule has 2 aromatic rings. The number of aromatic nitrogens is 4. The average Bonchev–Trinajstić information content (AvgIpc) is 3.01. The number of allylic oxidation sites excluding steroid dienone is 1. The Morgan fingerprint density at radius 3 is 2.68 bits per heavy atom. The molecule has 0 amide bonds. The Labute approximate surface area is 127 Å². The zero-order chi connectivity index (χ0) is 15.4. The van der Waals surface area contributed by atoms with Crippen LogP contribution in [0.15, 0.2) is 30.5 Å². The minimum atomic E-state index is 0.196. The number of ketones is 1. The van der Waals surface area contributed by atoms with Crippen LogP contribution in [0.5, 0.6) is 0 Å². The van der Waals surface area contributed by atoms with Gasteiger partial charge in [0.2, 0.25) is 5.82 Å². The van der Waals surface area contributed by atoms with E-state index >= 15 is 0 Å². The summed E-state index contributed by atoms with van der Waals surface area (Å²) >= 11 is 0. The molecule has 0 radical (unpaired) electrons. The lowest BCUT2D eigenvalue weighted by molar-refractivity contribution is 0.0855. The highest BCUT2D eigenvalue weighted by Gasteiger charge is 2.25. The Balaban J connectivity index is 1.68. The summed E-state index contributed by atoms with van der Waals surface area (Å²) in [4.78, 5) is 12.1. The predicted octanol–water partition coefficient (Wildman–Crippen LogP) is 2.16. The smallest absolute Gasteiger partial charge is 0.216 e. The number of carbonyl (C=O) groups is 1. The Bertz CT molecular complexity index is 722. The molecule has 3 rings (SSSR count). The van der Waals surface area contributed by atoms with Crippen molar-refractivity contribution in [2.75, 3.05) is 5.32 Å². The van der Waals surface area contributed by atoms with Crippen LogP contribution >= 0.6 is 0 Å². The molecule has 0 aliphatic heterocycles. The van der Waals surface area contributed by atoms with Crippen LogP contribution in [0.3, 0.4) is 0 Å². The van der Waals surface area contributed by atoms with Crippen LogP contribution in [0, 0.1) is 17.2 Å². The SMILES string of the molecule is N#CC(=CNc1ccc(C(=O)C2CCC2)cc1)c1nn[nH]n1. The topological polar surface area (TPSA) is 107 Å². The third-order valence-corrected chi connectivity index (χ3v) is 3.74. The van der Waals surface area contributed by atoms with Crippen LogP contribution in [-0.4, -0.2) is 26.4 Å². The first-order valence-corrected chi connectivity index (χ1v) is 7.03. The van der Waals surface area contributed by atoms with E-state index in [0.29, 0.717) is 0 Å². The molecule has 7 heteroatoms. The largest absolute Gasteiger partial charge is 0.360 e. The summed E-state index contributed by atoms with van der Waals surface area (Å²) in [6.45, 7) is 0. The molecule has 1 saturated carbocycles. The first-order valence-electron chi connectivity index (χ1n) is 7.03. The minimum absolute atomic E-state index is 0.196. The quantitative estimate of drug-likeness (QED) is 0.646. The molecule has 1 heterocycles. The summed E-state index contributed by atoms with van der Waals surface area (Å²) in [6, 6.07) is 9.23. The van der Waals surface area contributed by atoms with E-state index < -0.39 is 0 Å². The second kappa shape index (κ2) is 6.18. The second-order valence-electron chi connectivity index (χ2n) is 5.12. The lowest BCUT2D eigenvalue weighted by atomic mass is 9.80. The number of nitrogens with zero attached hydrogens (tertiary/aromatic N) is 4. The zero-order valence-electron chi connectivity index (χ0n) is 11.8. The van der Waals surface area contributed by atoms with Crippen LogP contribution in [0.4, 0.5) is 5.69 Å². The summed E-state index contributed by atoms with van der Waals surface area (Å²) in [5, 5.41) is 25.3. The second-order valence-corrected chi connectivity index (χ2v) is 5.12. The van der Waals surface area contributed by atoms with Gasteiger partial charge in [0.05, 0.1) is 0 Å². The van der Waals surface area contributed by atoms with Gasteiger partial charge in [0.15, 0.2) is 5.78 Å². The van der Waals surface area contributed by atoms with Crippen LogP contribution in [-0.2, 0) is 0 Å². The average molecular weight is 294 g/mol. The van der Waals surface area contributed by atoms with Crippen LogP contribution in [0.2, 0.25) is 0 Å². The Morgan fingerprint density at radius 1 is 1.36 bits per heavy atom. The van der Waals surface area contributed by atoms with E-state index in [4.69, 9.17) is 5.26 Å². The van der Waals surface area contributed by atoms with Gasteiger partial charge in [-0.2, -0.15) is 10.5 Å². The van der Waals surface area contributed by atoms with Crippen molar-refractivity contribution in [2.24, 2.45) is 5.92 Å². The number of carbonyl (C=O) groups excluding carboxylic acids is 1. The van der Waals surface area contributed by atoms with Gasteiger partial charge >= 0.3 is 0 Å². The number of tetrazole rings is 1. The highest BCUT2D eigenvalue weighted by molar-refractivity contribution is 5.98. The number of hydrogen-bond donors (Lipinski definition) is 2. The fraction of sp³-hybridized carbons (Fsp3) is 0.267. The van der Waals surface area contributed by atoms with Gasteiger partial charge in [0, 0.05) is 23.4 Å². The maximum absolute atomic E-state index is 12.1. The van der Waals surface area contributed by atoms with E-state index in [1.807, 2.05) is 18.2 Å². The van der Waals surface area contributed by atoms with Crippen molar-refractivity contribution in [1.82, 2.24) is 20.6 Å². The summed E-state index contributed by atoms with van der Waals surface area (Å²) < 4.78 is 0. The molecule has 2 N–H and O–H groups in total. The van der Waals surface area contributed by atoms with Crippen LogP contribution in [0.25, 0.3) is 5.57 Å². The fourth-order valence-electron chi connectivity index (χ4n) is 2.22. The van der Waals surface area contributed by atoms with Crippen LogP contribution in [0.1, 0.15) is 35.4 Å². The Morgan fingerprint density at radius 2 is 2.14 bits per heavy atom. The van der Waals surface area contributed by atoms with Crippen molar-refractivity contribution in [2.45, 2.75) is 19.3 Å². The molecule has 1 aliphatic carbocycles. The molecule has 110 valence electrons. The number of aromatic amines is 1. The van der Waals surface area contributed by atoms with Gasteiger partial charge in [-0.25, -0.2) is 0 Å². The predicted molar refractivity (Wildman–Crippen MR) is 79.5 cm³/mol. The van der Waals surface area contributed by atoms with Crippen molar-refractivity contribution in [3.8, 4) is 6.07 Å². The molecule has 0 atom stereocenters. The van der Waals surface area contributed by atoms with Crippen LogP contribution < -0.4 is 5.32 Å². The summed E-state index contributed by atoms with van der Waals surface area (Å²) in [5.74, 6) is 0.645. The Kier molecular flexibility index (Phi) is 3.92. The molecule has 1 fully saturated rings. The van der Waals surface area contributed by atoms with E-state index in [9.17, 15) is 4.79 Å². The number of nitriles is 1. The molecule has 1 aromatic heterocycles. The summed E-state index contributed by atoms with van der Waals surface area (Å²) in [5.41, 5.74) is 1.78. The molecular weight excluding hydrogens is 280 g/mol. The van der Waals surface area contributed by atoms with Gasteiger partial charge < -0.3 is 5.32 Å². The molecule has 22 heavy (non-hydrogen) atoms. The highest BCUT2D eigenvalue weighted by Crippen LogP contribution is 2.30. The third kappa shape index (κ3) is 2.86. The minimum Gasteiger partial charge on any atom is -0.360 e. The number of hydrogen-bond acceptors (Lipinski definition) is 6. The van der Waals surface area contributed by atoms with Gasteiger partial charge in [0.25, 0.3) is 0 Å². The summed E-state index contributed by atoms with van der Waals surface area (Å²) in [6.07, 6.45) is 4.65. The molecule has 1 aromatic carbocycles. The maximum Gasteiger partial charge on any atom is 0.216 e. The van der Waals surface area contributed by atoms with Gasteiger partial charge in [-0.05, 0) is 42.3 Å². The zero-order valence-corrected chi connectivity index (χ0v) is 11.8. The van der Waals surface area contributed by atoms with E-state index in [0.717, 1.165) is 30.5 Å². The molecule has 7 nitrogen and oxygen atoms in total. The van der Waals surface area contributed by atoms with E-state index in [1.165, 1.54) is 6.20 Å². The van der Waals surface area contributed by atoms with Crippen molar-refractivity contribution in [1.29, 1.82) is 5.26 Å². The van der Waals surface area contributed by atoms with Crippen molar-refractivity contribution in [3.05, 3.63) is 41.9 Å². The van der Waals surface area contributed by atoms with Gasteiger partial charge in [-0.15, -0.1) is 10.2 Å². The third-order valence-electron chi connectivity index (χ3n) is 3.74. The van der Waals surface area contributed by atoms with Crippen molar-refractivity contribution in [3.63, 3.8) is 0 Å². The summed E-state index contributed by atoms with van der Waals surface area (Å²) in [7, 11) is 0. The normalized spacial score (nSPS) is 15.0. The highest BCUT2D eigenvalue weighted by atomic mass is 16.1. The number of rotatable bonds is 5. The van der Waals surface area contributed by atoms with Gasteiger partial charge in [-0.1, -0.05) is 6.42 Å². The first kappa shape index (κ1) is 13.9. The molecular formula is C15H14N6O. The molecule has 0 bridgehead atoms. The Hall–Kier alpha value is -3.01. The van der Waals surface area contributed by atoms with E-state index in [2.05, 4.69) is 25.9 Å². The van der Waals surface area contributed by atoms with Crippen molar-refractivity contribution < 1.29 is 4.79 Å². The lowest BCUT2D eigenvalue weighted by Crippen LogP contribution is -2.21. The molecule has 1 aliphatic rings. The number of Topliss-reactive ketones (excluding diaryl/α,β-unsaturated/α-hetero) is 1. The lowest BCUT2D eigenvalue weighted by Gasteiger charge is -2.23. The van der Waals surface area contributed by atoms with Gasteiger partial charge in [-0.3, -0.25) is 4.79 Å². The number of anilines is 1. The van der Waals surface area contributed by atoms with E-state index in [-0.39, 0.29) is 23.1 Å². The monoisotopic (exact) mass is 294 g/mol. The van der Waals surface area contributed by atoms with Gasteiger partial charge in [0.1, 0.15) is 11.6 Å². The molecule has 0 spiro atoms. The molecule has 0 unspecified atom stereocenters. The standard InChI is InChI=1S/C15H14N6O/c16-8-12(15-18-20-21-19-15)9-17-13-6-4-11(5-7-13)14(22)10-2-1-3-10/h4-7,9-10,17H,1-3H2,(H,18,19,20,21). The first-order chi connectivity index (χ1) is 10.8. The molecule has 0 saturated heterocycles. The number of nitrogens with one attached hydrogen (secondary N) is 2. The van der Waals surface area contributed by atoms with E-state index in [1.54, 1.807) is 12.1 Å². The fourth-order valence-corrected chi connectivity index (χ4v) is 2.22. The number of benzene rings is 1. The van der Waals surface area contributed by atoms with Crippen molar-refractivity contribution >= 4 is 17.0 Å². The number of H-pyrrole nitrogens is 1.